The molecule has 0 aromatic heterocycles. The van der Waals surface area contributed by atoms with Crippen molar-refractivity contribution in [2.24, 2.45) is 0 Å². The summed E-state index contributed by atoms with van der Waals surface area (Å²) in [7, 11) is 0. The molecule has 0 aliphatic heterocycles. The molecular formula is C16H21NO7. The number of benzene rings is 2. The van der Waals surface area contributed by atoms with Crippen LogP contribution in [-0.2, 0) is 4.79 Å². The molecule has 0 aliphatic carbocycles. The molecule has 2 aromatic rings. The molecule has 0 fully saturated rings. The molecular weight excluding hydrogens is 318 g/mol. The van der Waals surface area contributed by atoms with Gasteiger partial charge in [-0.1, -0.05) is 48.5 Å². The Morgan fingerprint density at radius 3 is 1.75 bits per heavy atom. The zero-order chi connectivity index (χ0) is 15.2. The molecule has 132 valence electrons. The van der Waals surface area contributed by atoms with Crippen LogP contribution in [-0.4, -0.2) is 44.6 Å². The molecule has 24 heavy (non-hydrogen) atoms. The lowest BCUT2D eigenvalue weighted by atomic mass is 10.0. The summed E-state index contributed by atoms with van der Waals surface area (Å²) in [6, 6.07) is 15.9. The second-order valence-electron chi connectivity index (χ2n) is 4.51. The van der Waals surface area contributed by atoms with Crippen LogP contribution in [0.15, 0.2) is 60.7 Å². The van der Waals surface area contributed by atoms with Gasteiger partial charge >= 0.3 is 5.97 Å². The van der Waals surface area contributed by atoms with E-state index in [4.69, 9.17) is 5.11 Å². The number of hydrogen-bond acceptors (Lipinski definition) is 3. The van der Waals surface area contributed by atoms with E-state index in [-0.39, 0.29) is 16.4 Å². The summed E-state index contributed by atoms with van der Waals surface area (Å²) in [6.45, 7) is 0. The molecule has 1 amide bonds. The summed E-state index contributed by atoms with van der Waals surface area (Å²) in [5.41, 5.74) is 0.924. The maximum absolute atomic E-state index is 12.1. The van der Waals surface area contributed by atoms with Crippen molar-refractivity contribution in [2.75, 3.05) is 0 Å². The molecule has 9 N–H and O–H groups in total. The average molecular weight is 339 g/mol. The Bertz CT molecular complexity index is 619. The fourth-order valence-electron chi connectivity index (χ4n) is 1.96. The number of carboxylic acid groups (broad SMARTS) is 1. The molecule has 2 aromatic carbocycles. The van der Waals surface area contributed by atoms with Crippen molar-refractivity contribution >= 4 is 11.9 Å². The van der Waals surface area contributed by atoms with E-state index in [1.807, 2.05) is 0 Å². The van der Waals surface area contributed by atoms with Gasteiger partial charge in [-0.2, -0.15) is 0 Å². The Morgan fingerprint density at radius 1 is 0.833 bits per heavy atom. The van der Waals surface area contributed by atoms with E-state index in [9.17, 15) is 14.7 Å². The average Bonchev–Trinajstić information content (AvgIpc) is 2.53. The molecule has 0 saturated heterocycles. The highest BCUT2D eigenvalue weighted by molar-refractivity contribution is 5.94. The number of aliphatic hydroxyl groups excluding tert-OH is 1. The van der Waals surface area contributed by atoms with Crippen LogP contribution in [0.3, 0.4) is 0 Å². The van der Waals surface area contributed by atoms with Gasteiger partial charge in [0.1, 0.15) is 0 Å². The predicted molar refractivity (Wildman–Crippen MR) is 87.6 cm³/mol. The van der Waals surface area contributed by atoms with E-state index in [1.165, 1.54) is 0 Å². The van der Waals surface area contributed by atoms with E-state index in [2.05, 4.69) is 5.32 Å². The van der Waals surface area contributed by atoms with Gasteiger partial charge in [-0.15, -0.1) is 0 Å². The van der Waals surface area contributed by atoms with Crippen LogP contribution in [0, 0.1) is 0 Å². The Kier molecular flexibility index (Phi) is 10.6. The first-order valence-electron chi connectivity index (χ1n) is 6.41. The van der Waals surface area contributed by atoms with Crippen LogP contribution in [0.1, 0.15) is 22.0 Å². The van der Waals surface area contributed by atoms with Gasteiger partial charge in [0.2, 0.25) is 0 Å². The molecule has 0 unspecified atom stereocenters. The number of carboxylic acids is 1. The van der Waals surface area contributed by atoms with Gasteiger partial charge in [0.25, 0.3) is 5.91 Å². The molecule has 0 bridgehead atoms. The molecule has 0 radical (unpaired) electrons. The fraction of sp³-hybridized carbons (Fsp3) is 0.125. The van der Waals surface area contributed by atoms with E-state index >= 15 is 0 Å². The highest BCUT2D eigenvalue weighted by Gasteiger charge is 2.28. The van der Waals surface area contributed by atoms with Crippen LogP contribution >= 0.6 is 0 Å². The Morgan fingerprint density at radius 2 is 1.29 bits per heavy atom. The minimum atomic E-state index is -1.72. The van der Waals surface area contributed by atoms with Crippen molar-refractivity contribution < 1.29 is 36.2 Å². The molecule has 0 heterocycles. The van der Waals surface area contributed by atoms with E-state index < -0.39 is 24.0 Å². The molecule has 8 nitrogen and oxygen atoms in total. The monoisotopic (exact) mass is 339 g/mol. The molecule has 0 aliphatic rings. The lowest BCUT2D eigenvalue weighted by Gasteiger charge is -2.22. The summed E-state index contributed by atoms with van der Waals surface area (Å²) in [5.74, 6) is -1.83. The summed E-state index contributed by atoms with van der Waals surface area (Å²) in [5, 5.41) is 21.4. The molecule has 0 saturated carbocycles. The predicted octanol–water partition coefficient (Wildman–Crippen LogP) is -0.871. The number of hydrogen-bond donors (Lipinski definition) is 3. The van der Waals surface area contributed by atoms with Crippen molar-refractivity contribution in [3.05, 3.63) is 71.8 Å². The van der Waals surface area contributed by atoms with E-state index in [0.717, 1.165) is 0 Å². The van der Waals surface area contributed by atoms with Crippen LogP contribution < -0.4 is 5.32 Å². The summed E-state index contributed by atoms with van der Waals surface area (Å²) >= 11 is 0. The smallest absolute Gasteiger partial charge is 0.335 e. The summed E-state index contributed by atoms with van der Waals surface area (Å²) in [6.07, 6.45) is -1.72. The Labute approximate surface area is 138 Å². The quantitative estimate of drug-likeness (QED) is 0.640. The third kappa shape index (κ3) is 5.78. The maximum atomic E-state index is 12.1. The largest absolute Gasteiger partial charge is 0.479 e. The number of nitrogens with one attached hydrogen (secondary N) is 1. The number of amides is 1. The van der Waals surface area contributed by atoms with Gasteiger partial charge in [0.15, 0.2) is 6.10 Å². The first kappa shape index (κ1) is 23.5. The van der Waals surface area contributed by atoms with Crippen molar-refractivity contribution in [1.82, 2.24) is 5.32 Å². The van der Waals surface area contributed by atoms with Gasteiger partial charge < -0.3 is 32.0 Å². The van der Waals surface area contributed by atoms with Crippen LogP contribution in [0.25, 0.3) is 0 Å². The number of carbonyl (C=O) groups is 2. The van der Waals surface area contributed by atoms with Crippen molar-refractivity contribution in [3.63, 3.8) is 0 Å². The standard InChI is InChI=1S/C16H15NO4.3H2O/c18-14(16(20)21)13(11-7-3-1-4-8-11)17-15(19)12-9-5-2-6-10-12;;;/h1-10,13-14,18H,(H,17,19)(H,20,21);3*1H2/t13-,14+;;;/m0.../s1. The molecule has 8 heteroatoms. The number of rotatable bonds is 5. The third-order valence-electron chi connectivity index (χ3n) is 3.05. The van der Waals surface area contributed by atoms with Crippen LogP contribution in [0.5, 0.6) is 0 Å². The van der Waals surface area contributed by atoms with Crippen LogP contribution in [0.4, 0.5) is 0 Å². The second kappa shape index (κ2) is 10.9. The van der Waals surface area contributed by atoms with Gasteiger partial charge in [-0.05, 0) is 17.7 Å². The Balaban J connectivity index is 0. The zero-order valence-electron chi connectivity index (χ0n) is 12.6. The minimum Gasteiger partial charge on any atom is -0.479 e. The summed E-state index contributed by atoms with van der Waals surface area (Å²) in [4.78, 5) is 23.2. The topological polar surface area (TPSA) is 181 Å². The van der Waals surface area contributed by atoms with Crippen molar-refractivity contribution in [2.45, 2.75) is 12.1 Å². The second-order valence-corrected chi connectivity index (χ2v) is 4.51. The maximum Gasteiger partial charge on any atom is 0.335 e. The SMILES string of the molecule is O.O.O.O=C(N[C@@H](c1ccccc1)[C@@H](O)C(=O)O)c1ccccc1. The minimum absolute atomic E-state index is 0. The number of aliphatic hydroxyl groups is 1. The van der Waals surface area contributed by atoms with Gasteiger partial charge in [-0.3, -0.25) is 4.79 Å². The first-order valence-corrected chi connectivity index (χ1v) is 6.41. The summed E-state index contributed by atoms with van der Waals surface area (Å²) < 4.78 is 0. The molecule has 2 rings (SSSR count). The highest BCUT2D eigenvalue weighted by atomic mass is 16.4. The van der Waals surface area contributed by atoms with E-state index in [1.54, 1.807) is 60.7 Å². The lowest BCUT2D eigenvalue weighted by molar-refractivity contribution is -0.148. The normalized spacial score (nSPS) is 11.5. The van der Waals surface area contributed by atoms with Crippen molar-refractivity contribution in [1.29, 1.82) is 0 Å². The molecule has 2 atom stereocenters. The fourth-order valence-corrected chi connectivity index (χ4v) is 1.96. The van der Waals surface area contributed by atoms with Gasteiger partial charge in [-0.25, -0.2) is 4.79 Å². The lowest BCUT2D eigenvalue weighted by Crippen LogP contribution is -2.40. The van der Waals surface area contributed by atoms with Gasteiger partial charge in [0, 0.05) is 5.56 Å². The zero-order valence-corrected chi connectivity index (χ0v) is 12.6. The van der Waals surface area contributed by atoms with Gasteiger partial charge in [0.05, 0.1) is 6.04 Å². The highest BCUT2D eigenvalue weighted by Crippen LogP contribution is 2.18. The Hall–Kier alpha value is -2.78. The number of aliphatic carboxylic acids is 1. The third-order valence-corrected chi connectivity index (χ3v) is 3.05. The number of carbonyl (C=O) groups excluding carboxylic acids is 1. The first-order chi connectivity index (χ1) is 10.1. The van der Waals surface area contributed by atoms with Crippen LogP contribution in [0.2, 0.25) is 0 Å². The van der Waals surface area contributed by atoms with E-state index in [0.29, 0.717) is 11.1 Å². The van der Waals surface area contributed by atoms with Crippen molar-refractivity contribution in [3.8, 4) is 0 Å². The molecule has 0 spiro atoms.